The summed E-state index contributed by atoms with van der Waals surface area (Å²) in [5.41, 5.74) is 0. The van der Waals surface area contributed by atoms with Crippen molar-refractivity contribution in [1.29, 1.82) is 0 Å². The molecule has 0 heterocycles. The smallest absolute Gasteiger partial charge is 0.230 e. The Labute approximate surface area is 131 Å². The molecule has 124 valence electrons. The number of quaternary nitrogens is 1. The minimum Gasteiger partial charge on any atom is -0.230 e. The number of unbranched alkanes of at least 4 members (excludes halogenated alkanes) is 8. The summed E-state index contributed by atoms with van der Waals surface area (Å²) in [5.74, 6) is 0.148. The van der Waals surface area contributed by atoms with Crippen LogP contribution in [0.3, 0.4) is 0 Å². The fraction of sp³-hybridized carbons (Fsp3) is 0.889. The Hall–Kier alpha value is -0.700. The van der Waals surface area contributed by atoms with E-state index in [1.165, 1.54) is 38.5 Å². The number of rotatable bonds is 12. The fourth-order valence-corrected chi connectivity index (χ4v) is 2.46. The van der Waals surface area contributed by atoms with E-state index in [4.69, 9.17) is 0 Å². The van der Waals surface area contributed by atoms with Gasteiger partial charge in [0.25, 0.3) is 0 Å². The van der Waals surface area contributed by atoms with E-state index in [0.29, 0.717) is 12.8 Å². The quantitative estimate of drug-likeness (QED) is 0.382. The van der Waals surface area contributed by atoms with Gasteiger partial charge >= 0.3 is 11.8 Å². The summed E-state index contributed by atoms with van der Waals surface area (Å²) < 4.78 is -0.0679. The Morgan fingerprint density at radius 3 is 1.29 bits per heavy atom. The summed E-state index contributed by atoms with van der Waals surface area (Å²) >= 11 is 0. The molecule has 0 aromatic rings. The van der Waals surface area contributed by atoms with Gasteiger partial charge in [0.2, 0.25) is 0 Å². The predicted octanol–water partition coefficient (Wildman–Crippen LogP) is 4.84. The van der Waals surface area contributed by atoms with Gasteiger partial charge in [-0.05, 0) is 12.8 Å². The van der Waals surface area contributed by atoms with Crippen molar-refractivity contribution in [3.8, 4) is 0 Å². The summed E-state index contributed by atoms with van der Waals surface area (Å²) in [6.07, 6.45) is 12.4. The van der Waals surface area contributed by atoms with Gasteiger partial charge in [-0.2, -0.15) is 0 Å². The van der Waals surface area contributed by atoms with Gasteiger partial charge in [0.05, 0.1) is 26.9 Å². The molecule has 0 aliphatic rings. The number of hydrogen-bond acceptors (Lipinski definition) is 2. The molecule has 0 radical (unpaired) electrons. The van der Waals surface area contributed by atoms with Gasteiger partial charge in [-0.1, -0.05) is 65.2 Å². The van der Waals surface area contributed by atoms with Gasteiger partial charge in [0, 0.05) is 0 Å². The van der Waals surface area contributed by atoms with Gasteiger partial charge < -0.3 is 0 Å². The lowest BCUT2D eigenvalue weighted by Crippen LogP contribution is -2.50. The molecule has 0 bridgehead atoms. The zero-order valence-electron chi connectivity index (χ0n) is 14.7. The van der Waals surface area contributed by atoms with Crippen LogP contribution in [0.25, 0.3) is 0 Å². The van der Waals surface area contributed by atoms with Crippen LogP contribution in [-0.2, 0) is 9.59 Å². The largest absolute Gasteiger partial charge is 0.320 e. The monoisotopic (exact) mass is 298 g/mol. The average molecular weight is 298 g/mol. The van der Waals surface area contributed by atoms with Gasteiger partial charge in [-0.3, -0.25) is 0 Å². The van der Waals surface area contributed by atoms with Crippen LogP contribution in [0.15, 0.2) is 0 Å². The molecule has 0 fully saturated rings. The fourth-order valence-electron chi connectivity index (χ4n) is 2.46. The van der Waals surface area contributed by atoms with Crippen LogP contribution < -0.4 is 0 Å². The first kappa shape index (κ1) is 20.3. The molecule has 0 saturated carbocycles. The van der Waals surface area contributed by atoms with E-state index < -0.39 is 0 Å². The molecule has 0 aromatic heterocycles. The second kappa shape index (κ2) is 11.9. The summed E-state index contributed by atoms with van der Waals surface area (Å²) in [5, 5.41) is 0. The molecule has 0 aliphatic carbocycles. The zero-order chi connectivity index (χ0) is 16.1. The lowest BCUT2D eigenvalue weighted by molar-refractivity contribution is -0.736. The minimum absolute atomic E-state index is 0.0679. The maximum atomic E-state index is 12.2. The van der Waals surface area contributed by atoms with Crippen LogP contribution in [0, 0.1) is 0 Å². The summed E-state index contributed by atoms with van der Waals surface area (Å²) in [6, 6.07) is 0. The lowest BCUT2D eigenvalue weighted by atomic mass is 10.1. The van der Waals surface area contributed by atoms with Crippen LogP contribution in [0.2, 0.25) is 0 Å². The highest BCUT2D eigenvalue weighted by molar-refractivity contribution is 5.84. The maximum Gasteiger partial charge on any atom is 0.320 e. The van der Waals surface area contributed by atoms with Crippen molar-refractivity contribution in [2.45, 2.75) is 90.9 Å². The van der Waals surface area contributed by atoms with E-state index in [2.05, 4.69) is 13.8 Å². The Kier molecular flexibility index (Phi) is 11.5. The van der Waals surface area contributed by atoms with Crippen molar-refractivity contribution in [3.05, 3.63) is 0 Å². The minimum atomic E-state index is -0.0679. The molecule has 0 rings (SSSR count). The second-order valence-electron chi connectivity index (χ2n) is 6.57. The SMILES string of the molecule is CCCCCCCC(=O)[N+](C)(C)C(=O)CCCCCCC. The molecule has 21 heavy (non-hydrogen) atoms. The normalized spacial score (nSPS) is 11.6. The van der Waals surface area contributed by atoms with E-state index in [9.17, 15) is 9.59 Å². The van der Waals surface area contributed by atoms with E-state index in [0.717, 1.165) is 25.7 Å². The standard InChI is InChI=1S/C18H36NO2/c1-5-7-9-11-13-15-17(20)19(3,4)18(21)16-14-12-10-8-6-2/h5-16H2,1-4H3/q+1. The van der Waals surface area contributed by atoms with Crippen LogP contribution in [0.4, 0.5) is 0 Å². The van der Waals surface area contributed by atoms with Crippen molar-refractivity contribution in [1.82, 2.24) is 0 Å². The predicted molar refractivity (Wildman–Crippen MR) is 88.9 cm³/mol. The zero-order valence-corrected chi connectivity index (χ0v) is 14.7. The molecule has 0 aromatic carbocycles. The van der Waals surface area contributed by atoms with Crippen LogP contribution in [-0.4, -0.2) is 30.4 Å². The van der Waals surface area contributed by atoms with E-state index in [1.54, 1.807) is 14.1 Å². The first-order valence-corrected chi connectivity index (χ1v) is 8.87. The number of nitrogens with zero attached hydrogens (tertiary/aromatic N) is 1. The molecular formula is C18H36NO2+. The molecule has 0 spiro atoms. The number of carbonyl (C=O) groups excluding carboxylic acids is 2. The van der Waals surface area contributed by atoms with E-state index in [-0.39, 0.29) is 16.3 Å². The van der Waals surface area contributed by atoms with E-state index in [1.807, 2.05) is 0 Å². The lowest BCUT2D eigenvalue weighted by Gasteiger charge is -2.24. The third-order valence-electron chi connectivity index (χ3n) is 4.24. The van der Waals surface area contributed by atoms with Crippen molar-refractivity contribution < 1.29 is 14.1 Å². The Balaban J connectivity index is 3.95. The molecular weight excluding hydrogens is 262 g/mol. The topological polar surface area (TPSA) is 34.1 Å². The second-order valence-corrected chi connectivity index (χ2v) is 6.57. The van der Waals surface area contributed by atoms with Gasteiger partial charge in [0.15, 0.2) is 0 Å². The molecule has 0 unspecified atom stereocenters. The molecule has 0 saturated heterocycles. The maximum absolute atomic E-state index is 12.2. The average Bonchev–Trinajstić information content (AvgIpc) is 2.46. The van der Waals surface area contributed by atoms with E-state index >= 15 is 0 Å². The Bertz CT molecular complexity index is 270. The van der Waals surface area contributed by atoms with Crippen molar-refractivity contribution >= 4 is 11.8 Å². The highest BCUT2D eigenvalue weighted by Crippen LogP contribution is 2.14. The first-order chi connectivity index (χ1) is 9.96. The number of amides is 2. The van der Waals surface area contributed by atoms with Crippen molar-refractivity contribution in [2.75, 3.05) is 14.1 Å². The molecule has 0 atom stereocenters. The van der Waals surface area contributed by atoms with Gasteiger partial charge in [-0.25, -0.2) is 14.1 Å². The summed E-state index contributed by atoms with van der Waals surface area (Å²) in [4.78, 5) is 24.5. The van der Waals surface area contributed by atoms with Crippen LogP contribution in [0.1, 0.15) is 90.9 Å². The summed E-state index contributed by atoms with van der Waals surface area (Å²) in [6.45, 7) is 4.37. The van der Waals surface area contributed by atoms with Gasteiger partial charge in [0.1, 0.15) is 0 Å². The van der Waals surface area contributed by atoms with Gasteiger partial charge in [-0.15, -0.1) is 0 Å². The van der Waals surface area contributed by atoms with Crippen LogP contribution >= 0.6 is 0 Å². The third-order valence-corrected chi connectivity index (χ3v) is 4.24. The molecule has 2 amide bonds. The highest BCUT2D eigenvalue weighted by atomic mass is 16.2. The molecule has 3 nitrogen and oxygen atoms in total. The Morgan fingerprint density at radius 1 is 0.619 bits per heavy atom. The number of hydrogen-bond donors (Lipinski definition) is 0. The van der Waals surface area contributed by atoms with Crippen LogP contribution in [0.5, 0.6) is 0 Å². The highest BCUT2D eigenvalue weighted by Gasteiger charge is 2.33. The third kappa shape index (κ3) is 9.02. The first-order valence-electron chi connectivity index (χ1n) is 8.87. The number of carbonyl (C=O) groups is 2. The summed E-state index contributed by atoms with van der Waals surface area (Å²) in [7, 11) is 3.51. The molecule has 0 N–H and O–H groups in total. The van der Waals surface area contributed by atoms with Crippen molar-refractivity contribution in [2.24, 2.45) is 0 Å². The Morgan fingerprint density at radius 2 is 0.952 bits per heavy atom. The molecule has 0 aliphatic heterocycles. The molecule has 3 heteroatoms. The number of imide groups is 1. The van der Waals surface area contributed by atoms with Crippen molar-refractivity contribution in [3.63, 3.8) is 0 Å².